The Kier molecular flexibility index (Phi) is 8.82. The molecule has 204 valence electrons. The van der Waals surface area contributed by atoms with Crippen molar-refractivity contribution in [3.63, 3.8) is 0 Å². The van der Waals surface area contributed by atoms with Crippen LogP contribution in [0.25, 0.3) is 5.69 Å². The lowest BCUT2D eigenvalue weighted by Crippen LogP contribution is -2.60. The molecule has 0 radical (unpaired) electrons. The van der Waals surface area contributed by atoms with E-state index in [9.17, 15) is 19.2 Å². The van der Waals surface area contributed by atoms with Gasteiger partial charge in [-0.15, -0.1) is 5.10 Å². The molecule has 5 rings (SSSR count). The molecule has 1 atom stereocenters. The molecule has 0 bridgehead atoms. The number of hydrogen-bond donors (Lipinski definition) is 2. The summed E-state index contributed by atoms with van der Waals surface area (Å²) in [6.45, 7) is 0.283. The Balaban J connectivity index is 0.000000350. The highest BCUT2D eigenvalue weighted by Crippen LogP contribution is 2.29. The number of halogens is 1. The van der Waals surface area contributed by atoms with Crippen LogP contribution >= 0.6 is 11.6 Å². The molecule has 1 saturated heterocycles. The van der Waals surface area contributed by atoms with Crippen LogP contribution in [-0.2, 0) is 20.8 Å². The average Bonchev–Trinajstić information content (AvgIpc) is 3.50. The van der Waals surface area contributed by atoms with Crippen LogP contribution in [0.1, 0.15) is 15.9 Å². The van der Waals surface area contributed by atoms with Crippen molar-refractivity contribution >= 4 is 41.0 Å². The highest BCUT2D eigenvalue weighted by Gasteiger charge is 2.39. The third-order valence-corrected chi connectivity index (χ3v) is 6.31. The zero-order valence-corrected chi connectivity index (χ0v) is 21.8. The summed E-state index contributed by atoms with van der Waals surface area (Å²) in [5.74, 6) is -3.15. The predicted molar refractivity (Wildman–Crippen MR) is 145 cm³/mol. The third-order valence-electron chi connectivity index (χ3n) is 6.07. The Bertz CT molecular complexity index is 1500. The maximum Gasteiger partial charge on any atom is 0.335 e. The van der Waals surface area contributed by atoms with Crippen LogP contribution in [0.15, 0.2) is 85.2 Å². The summed E-state index contributed by atoms with van der Waals surface area (Å²) in [6, 6.07) is 21.4. The lowest BCUT2D eigenvalue weighted by atomic mass is 10.0. The van der Waals surface area contributed by atoms with E-state index >= 15 is 0 Å². The van der Waals surface area contributed by atoms with Crippen LogP contribution in [0, 0.1) is 0 Å². The topological polar surface area (TPSA) is 165 Å². The first-order chi connectivity index (χ1) is 19.3. The number of carboxylic acids is 1. The number of benzene rings is 3. The van der Waals surface area contributed by atoms with Gasteiger partial charge in [-0.3, -0.25) is 14.4 Å². The van der Waals surface area contributed by atoms with Crippen molar-refractivity contribution in [2.75, 3.05) is 18.0 Å². The van der Waals surface area contributed by atoms with Gasteiger partial charge in [0.25, 0.3) is 0 Å². The van der Waals surface area contributed by atoms with Gasteiger partial charge in [-0.1, -0.05) is 60.1 Å². The number of tetrazole rings is 1. The van der Waals surface area contributed by atoms with E-state index in [1.165, 1.54) is 20.8 Å². The molecule has 0 aliphatic carbocycles. The van der Waals surface area contributed by atoms with Gasteiger partial charge in [-0.2, -0.15) is 4.68 Å². The number of carbonyl (C=O) groups excluding carboxylic acids is 3. The van der Waals surface area contributed by atoms with Crippen LogP contribution in [0.4, 0.5) is 5.69 Å². The van der Waals surface area contributed by atoms with Gasteiger partial charge in [0.15, 0.2) is 0 Å². The number of hydrogen-bond acceptors (Lipinski definition) is 7. The monoisotopic (exact) mass is 561 g/mol. The Labute approximate surface area is 233 Å². The standard InChI is InChI=1S/C20H18ClN7O3.C7H6O2/c21-14-6-7-15(28-12-23-24-25-28)16(11-14)26-8-9-27(20(31)19(26)30)17(18(22)29)10-13-4-2-1-3-5-13;8-7(9)6-4-2-1-3-5-6/h1-7,11-12,17H,8-10H2,(H2,22,29);1-5H,(H,8,9)/t17-;/m0./s1. The Hall–Kier alpha value is -5.10. The smallest absolute Gasteiger partial charge is 0.335 e. The number of amides is 3. The van der Waals surface area contributed by atoms with E-state index < -0.39 is 29.7 Å². The molecule has 12 nitrogen and oxygen atoms in total. The van der Waals surface area contributed by atoms with E-state index in [0.29, 0.717) is 22.0 Å². The number of carbonyl (C=O) groups is 4. The minimum Gasteiger partial charge on any atom is -0.478 e. The van der Waals surface area contributed by atoms with E-state index in [1.54, 1.807) is 48.5 Å². The minimum atomic E-state index is -0.931. The van der Waals surface area contributed by atoms with Crippen molar-refractivity contribution < 1.29 is 24.3 Å². The largest absolute Gasteiger partial charge is 0.478 e. The molecule has 3 N–H and O–H groups in total. The minimum absolute atomic E-state index is 0.132. The van der Waals surface area contributed by atoms with Crippen LogP contribution in [0.3, 0.4) is 0 Å². The van der Waals surface area contributed by atoms with Crippen molar-refractivity contribution in [2.45, 2.75) is 12.5 Å². The number of anilines is 1. The van der Waals surface area contributed by atoms with Gasteiger partial charge in [0.2, 0.25) is 5.91 Å². The zero-order valence-electron chi connectivity index (χ0n) is 21.0. The maximum absolute atomic E-state index is 13.0. The van der Waals surface area contributed by atoms with Gasteiger partial charge in [-0.05, 0) is 46.3 Å². The Morgan fingerprint density at radius 1 is 0.925 bits per heavy atom. The molecule has 3 amide bonds. The van der Waals surface area contributed by atoms with Gasteiger partial charge in [0.05, 0.1) is 16.9 Å². The van der Waals surface area contributed by atoms with Crippen molar-refractivity contribution in [1.82, 2.24) is 25.1 Å². The van der Waals surface area contributed by atoms with Gasteiger partial charge in [0.1, 0.15) is 12.4 Å². The zero-order chi connectivity index (χ0) is 28.6. The summed E-state index contributed by atoms with van der Waals surface area (Å²) >= 11 is 6.14. The first kappa shape index (κ1) is 27.9. The Morgan fingerprint density at radius 2 is 1.60 bits per heavy atom. The molecular weight excluding hydrogens is 538 g/mol. The molecule has 40 heavy (non-hydrogen) atoms. The molecule has 0 saturated carbocycles. The normalized spacial score (nSPS) is 13.8. The van der Waals surface area contributed by atoms with E-state index in [1.807, 2.05) is 30.3 Å². The second-order valence-electron chi connectivity index (χ2n) is 8.62. The number of aromatic nitrogens is 4. The predicted octanol–water partition coefficient (Wildman–Crippen LogP) is 1.97. The first-order valence-corrected chi connectivity index (χ1v) is 12.4. The lowest BCUT2D eigenvalue weighted by Gasteiger charge is -2.37. The first-order valence-electron chi connectivity index (χ1n) is 12.0. The van der Waals surface area contributed by atoms with Crippen molar-refractivity contribution in [3.8, 4) is 5.69 Å². The van der Waals surface area contributed by atoms with E-state index in [4.69, 9.17) is 22.4 Å². The third kappa shape index (κ3) is 6.48. The van der Waals surface area contributed by atoms with Crippen LogP contribution in [-0.4, -0.2) is 73.0 Å². The van der Waals surface area contributed by atoms with E-state index in [2.05, 4.69) is 15.5 Å². The van der Waals surface area contributed by atoms with Crippen molar-refractivity contribution in [2.24, 2.45) is 5.73 Å². The summed E-state index contributed by atoms with van der Waals surface area (Å²) in [5.41, 5.74) is 7.62. The van der Waals surface area contributed by atoms with Crippen LogP contribution < -0.4 is 10.6 Å². The van der Waals surface area contributed by atoms with Crippen molar-refractivity contribution in [1.29, 1.82) is 0 Å². The SMILES string of the molecule is NC(=O)[C@H](Cc1ccccc1)N1CCN(c2cc(Cl)ccc2-n2cnnn2)C(=O)C1=O.O=C(O)c1ccccc1. The highest BCUT2D eigenvalue weighted by atomic mass is 35.5. The fourth-order valence-electron chi connectivity index (χ4n) is 4.14. The molecule has 1 aliphatic rings. The molecule has 1 fully saturated rings. The summed E-state index contributed by atoms with van der Waals surface area (Å²) in [7, 11) is 0. The fraction of sp³-hybridized carbons (Fsp3) is 0.148. The molecule has 1 aromatic heterocycles. The molecule has 0 spiro atoms. The maximum atomic E-state index is 13.0. The number of primary amides is 1. The second kappa shape index (κ2) is 12.6. The molecule has 4 aromatic rings. The molecular formula is C27H24ClN7O5. The van der Waals surface area contributed by atoms with Gasteiger partial charge >= 0.3 is 17.8 Å². The van der Waals surface area contributed by atoms with Crippen LogP contribution in [0.2, 0.25) is 5.02 Å². The number of nitrogens with zero attached hydrogens (tertiary/aromatic N) is 6. The van der Waals surface area contributed by atoms with Gasteiger partial charge < -0.3 is 20.6 Å². The number of rotatable bonds is 7. The molecule has 1 aliphatic heterocycles. The van der Waals surface area contributed by atoms with Gasteiger partial charge in [-0.25, -0.2) is 4.79 Å². The lowest BCUT2D eigenvalue weighted by molar-refractivity contribution is -0.150. The molecule has 13 heteroatoms. The average molecular weight is 562 g/mol. The number of piperazine rings is 1. The molecule has 0 unspecified atom stereocenters. The number of aromatic carboxylic acids is 1. The quantitative estimate of drug-likeness (QED) is 0.323. The number of nitrogens with two attached hydrogens (primary N) is 1. The summed E-state index contributed by atoms with van der Waals surface area (Å²) in [6.07, 6.45) is 1.60. The summed E-state index contributed by atoms with van der Waals surface area (Å²) in [5, 5.41) is 19.8. The highest BCUT2D eigenvalue weighted by molar-refractivity contribution is 6.41. The van der Waals surface area contributed by atoms with Crippen molar-refractivity contribution in [3.05, 3.63) is 101 Å². The van der Waals surface area contributed by atoms with E-state index in [0.717, 1.165) is 5.56 Å². The number of carboxylic acid groups (broad SMARTS) is 1. The second-order valence-corrected chi connectivity index (χ2v) is 9.06. The van der Waals surface area contributed by atoms with E-state index in [-0.39, 0.29) is 19.5 Å². The fourth-order valence-corrected chi connectivity index (χ4v) is 4.30. The molecule has 3 aromatic carbocycles. The molecule has 2 heterocycles. The summed E-state index contributed by atoms with van der Waals surface area (Å²) < 4.78 is 1.37. The van der Waals surface area contributed by atoms with Gasteiger partial charge in [0, 0.05) is 24.5 Å². The van der Waals surface area contributed by atoms with Crippen LogP contribution in [0.5, 0.6) is 0 Å². The summed E-state index contributed by atoms with van der Waals surface area (Å²) in [4.78, 5) is 50.9. The Morgan fingerprint density at radius 3 is 2.17 bits per heavy atom.